The van der Waals surface area contributed by atoms with E-state index in [1.165, 1.54) is 0 Å². The van der Waals surface area contributed by atoms with Crippen LogP contribution in [0.1, 0.15) is 53.7 Å². The van der Waals surface area contributed by atoms with E-state index in [0.717, 1.165) is 36.2 Å². The van der Waals surface area contributed by atoms with E-state index in [9.17, 15) is 9.90 Å². The van der Waals surface area contributed by atoms with Crippen molar-refractivity contribution in [1.82, 2.24) is 24.4 Å². The largest absolute Gasteiger partial charge is 0.390 e. The van der Waals surface area contributed by atoms with Crippen LogP contribution in [0.2, 0.25) is 0 Å². The van der Waals surface area contributed by atoms with Crippen molar-refractivity contribution in [3.05, 3.63) is 65.4 Å². The van der Waals surface area contributed by atoms with Gasteiger partial charge in [0.1, 0.15) is 11.3 Å². The summed E-state index contributed by atoms with van der Waals surface area (Å²) in [5.41, 5.74) is 3.85. The Hall–Kier alpha value is -3.56. The zero-order valence-corrected chi connectivity index (χ0v) is 20.4. The van der Waals surface area contributed by atoms with Crippen LogP contribution < -0.4 is 5.32 Å². The SMILES string of the molecule is Cc1ccc(-c2noc(C3CN(C)C3)n2)cc1NC(=O)c1cnc2cc(CCC(C)(C)O)ccn12. The van der Waals surface area contributed by atoms with Crippen molar-refractivity contribution in [2.45, 2.75) is 45.1 Å². The number of hydrogen-bond acceptors (Lipinski definition) is 7. The first-order valence-electron chi connectivity index (χ1n) is 11.8. The van der Waals surface area contributed by atoms with Gasteiger partial charge in [-0.1, -0.05) is 17.3 Å². The molecule has 1 aliphatic heterocycles. The number of imidazole rings is 1. The fourth-order valence-corrected chi connectivity index (χ4v) is 4.25. The van der Waals surface area contributed by atoms with E-state index in [4.69, 9.17) is 4.52 Å². The fraction of sp³-hybridized carbons (Fsp3) is 0.385. The highest BCUT2D eigenvalue weighted by Crippen LogP contribution is 2.28. The Balaban J connectivity index is 1.33. The van der Waals surface area contributed by atoms with Gasteiger partial charge in [-0.25, -0.2) is 4.98 Å². The quantitative estimate of drug-likeness (QED) is 0.421. The monoisotopic (exact) mass is 474 g/mol. The predicted octanol–water partition coefficient (Wildman–Crippen LogP) is 3.68. The number of carbonyl (C=O) groups excluding carboxylic acids is 1. The van der Waals surface area contributed by atoms with Crippen molar-refractivity contribution in [2.75, 3.05) is 25.5 Å². The number of rotatable bonds is 7. The van der Waals surface area contributed by atoms with E-state index < -0.39 is 5.60 Å². The van der Waals surface area contributed by atoms with Gasteiger partial charge in [0.2, 0.25) is 11.7 Å². The van der Waals surface area contributed by atoms with Gasteiger partial charge in [-0.15, -0.1) is 0 Å². The van der Waals surface area contributed by atoms with Crippen molar-refractivity contribution in [3.8, 4) is 11.4 Å². The number of nitrogens with one attached hydrogen (secondary N) is 1. The van der Waals surface area contributed by atoms with Crippen molar-refractivity contribution in [1.29, 1.82) is 0 Å². The van der Waals surface area contributed by atoms with Crippen LogP contribution in [-0.4, -0.2) is 61.2 Å². The fourth-order valence-electron chi connectivity index (χ4n) is 4.25. The van der Waals surface area contributed by atoms with E-state index in [-0.39, 0.29) is 11.8 Å². The number of carbonyl (C=O) groups is 1. The number of likely N-dealkylation sites (tertiary alicyclic amines) is 1. The second-order valence-corrected chi connectivity index (χ2v) is 10.1. The number of amides is 1. The van der Waals surface area contributed by atoms with Gasteiger partial charge in [-0.05, 0) is 70.0 Å². The minimum atomic E-state index is -0.726. The number of aromatic nitrogens is 4. The normalized spacial score (nSPS) is 14.9. The highest BCUT2D eigenvalue weighted by atomic mass is 16.5. The summed E-state index contributed by atoms with van der Waals surface area (Å²) in [6.45, 7) is 7.36. The molecule has 2 N–H and O–H groups in total. The zero-order valence-electron chi connectivity index (χ0n) is 20.4. The van der Waals surface area contributed by atoms with E-state index in [1.807, 2.05) is 43.5 Å². The summed E-state index contributed by atoms with van der Waals surface area (Å²) in [5.74, 6) is 1.18. The van der Waals surface area contributed by atoms with Crippen LogP contribution in [0.25, 0.3) is 17.0 Å². The summed E-state index contributed by atoms with van der Waals surface area (Å²) < 4.78 is 7.24. The molecule has 182 valence electrons. The third kappa shape index (κ3) is 4.96. The molecule has 0 unspecified atom stereocenters. The van der Waals surface area contributed by atoms with Crippen molar-refractivity contribution < 1.29 is 14.4 Å². The van der Waals surface area contributed by atoms with Crippen LogP contribution in [0.15, 0.2) is 47.2 Å². The predicted molar refractivity (Wildman–Crippen MR) is 132 cm³/mol. The summed E-state index contributed by atoms with van der Waals surface area (Å²) in [7, 11) is 2.06. The van der Waals surface area contributed by atoms with Gasteiger partial charge in [0.15, 0.2) is 0 Å². The van der Waals surface area contributed by atoms with Gasteiger partial charge in [0.05, 0.1) is 17.7 Å². The van der Waals surface area contributed by atoms with Gasteiger partial charge in [-0.2, -0.15) is 4.98 Å². The molecule has 35 heavy (non-hydrogen) atoms. The number of aliphatic hydroxyl groups is 1. The molecule has 0 aliphatic carbocycles. The van der Waals surface area contributed by atoms with Crippen LogP contribution in [0, 0.1) is 6.92 Å². The Morgan fingerprint density at radius 1 is 1.26 bits per heavy atom. The highest BCUT2D eigenvalue weighted by molar-refractivity contribution is 6.04. The van der Waals surface area contributed by atoms with Crippen LogP contribution in [-0.2, 0) is 6.42 Å². The first-order valence-corrected chi connectivity index (χ1v) is 11.8. The molecule has 1 aromatic carbocycles. The number of anilines is 1. The molecule has 3 aromatic heterocycles. The zero-order chi connectivity index (χ0) is 24.7. The second-order valence-electron chi connectivity index (χ2n) is 10.1. The molecule has 5 rings (SSSR count). The lowest BCUT2D eigenvalue weighted by molar-refractivity contribution is 0.0714. The molecule has 0 spiro atoms. The molecular weight excluding hydrogens is 444 g/mol. The molecule has 4 aromatic rings. The summed E-state index contributed by atoms with van der Waals surface area (Å²) in [6.07, 6.45) is 4.80. The van der Waals surface area contributed by atoms with E-state index in [1.54, 1.807) is 24.4 Å². The molecule has 1 aliphatic rings. The molecule has 9 nitrogen and oxygen atoms in total. The number of hydrogen-bond donors (Lipinski definition) is 2. The smallest absolute Gasteiger partial charge is 0.274 e. The van der Waals surface area contributed by atoms with Crippen molar-refractivity contribution in [2.24, 2.45) is 0 Å². The van der Waals surface area contributed by atoms with Crippen molar-refractivity contribution >= 4 is 17.2 Å². The number of likely N-dealkylation sites (N-methyl/N-ethyl adjacent to an activating group) is 1. The minimum absolute atomic E-state index is 0.256. The maximum absolute atomic E-state index is 13.1. The van der Waals surface area contributed by atoms with Crippen LogP contribution in [0.5, 0.6) is 0 Å². The Bertz CT molecular complexity index is 1380. The van der Waals surface area contributed by atoms with E-state index in [2.05, 4.69) is 32.4 Å². The Kier molecular flexibility index (Phi) is 5.90. The number of nitrogens with zero attached hydrogens (tertiary/aromatic N) is 5. The average molecular weight is 475 g/mol. The number of benzene rings is 1. The standard InChI is InChI=1S/C26H30N6O3/c1-16-5-6-18(23-29-25(35-30-23)19-14-31(4)15-19)12-20(16)28-24(33)21-13-27-22-11-17(8-10-32(21)22)7-9-26(2,3)34/h5-6,8,10-13,19,34H,7,9,14-15H2,1-4H3,(H,28,33). The van der Waals surface area contributed by atoms with Gasteiger partial charge < -0.3 is 19.8 Å². The third-order valence-electron chi connectivity index (χ3n) is 6.43. The maximum Gasteiger partial charge on any atom is 0.274 e. The maximum atomic E-state index is 13.1. The van der Waals surface area contributed by atoms with Gasteiger partial charge in [0, 0.05) is 30.5 Å². The lowest BCUT2D eigenvalue weighted by Crippen LogP contribution is -2.41. The lowest BCUT2D eigenvalue weighted by atomic mass is 9.99. The lowest BCUT2D eigenvalue weighted by Gasteiger charge is -2.33. The van der Waals surface area contributed by atoms with Gasteiger partial charge >= 0.3 is 0 Å². The summed E-state index contributed by atoms with van der Waals surface area (Å²) in [6, 6.07) is 9.63. The number of aryl methyl sites for hydroxylation is 2. The van der Waals surface area contributed by atoms with Crippen LogP contribution in [0.3, 0.4) is 0 Å². The molecular formula is C26H30N6O3. The molecule has 0 radical (unpaired) electrons. The highest BCUT2D eigenvalue weighted by Gasteiger charge is 2.30. The molecule has 0 saturated carbocycles. The van der Waals surface area contributed by atoms with E-state index >= 15 is 0 Å². The third-order valence-corrected chi connectivity index (χ3v) is 6.43. The molecule has 0 atom stereocenters. The topological polar surface area (TPSA) is 109 Å². The van der Waals surface area contributed by atoms with Crippen LogP contribution in [0.4, 0.5) is 5.69 Å². The Labute approximate surface area is 203 Å². The summed E-state index contributed by atoms with van der Waals surface area (Å²) in [4.78, 5) is 24.3. The Morgan fingerprint density at radius 3 is 2.80 bits per heavy atom. The van der Waals surface area contributed by atoms with Crippen molar-refractivity contribution in [3.63, 3.8) is 0 Å². The molecule has 4 heterocycles. The summed E-state index contributed by atoms with van der Waals surface area (Å²) in [5, 5.41) is 17.1. The molecule has 1 fully saturated rings. The minimum Gasteiger partial charge on any atom is -0.390 e. The van der Waals surface area contributed by atoms with E-state index in [0.29, 0.717) is 35.2 Å². The molecule has 9 heteroatoms. The number of fused-ring (bicyclic) bond motifs is 1. The van der Waals surface area contributed by atoms with Gasteiger partial charge in [-0.3, -0.25) is 9.20 Å². The van der Waals surface area contributed by atoms with Gasteiger partial charge in [0.25, 0.3) is 5.91 Å². The average Bonchev–Trinajstić information content (AvgIpc) is 3.43. The first kappa shape index (κ1) is 23.2. The molecule has 1 saturated heterocycles. The number of pyridine rings is 1. The molecule has 1 amide bonds. The second kappa shape index (κ2) is 8.90. The van der Waals surface area contributed by atoms with Crippen LogP contribution >= 0.6 is 0 Å². The molecule has 0 bridgehead atoms. The summed E-state index contributed by atoms with van der Waals surface area (Å²) >= 11 is 0. The Morgan fingerprint density at radius 2 is 2.06 bits per heavy atom. The first-order chi connectivity index (χ1) is 16.7.